The number of rotatable bonds is 2. The fourth-order valence-electron chi connectivity index (χ4n) is 3.85. The minimum atomic E-state index is -0.570. The SMILES string of the molecule is CS(C)(c1ccccc1)C1CC2CCC1C2. The second-order valence-electron chi connectivity index (χ2n) is 5.93. The number of fused-ring (bicyclic) bond motifs is 2. The highest BCUT2D eigenvalue weighted by atomic mass is 32.3. The third-order valence-electron chi connectivity index (χ3n) is 4.78. The summed E-state index contributed by atoms with van der Waals surface area (Å²) in [6.07, 6.45) is 11.2. The molecule has 88 valence electrons. The Balaban J connectivity index is 1.88. The summed E-state index contributed by atoms with van der Waals surface area (Å²) in [7, 11) is -0.570. The average molecular weight is 234 g/mol. The summed E-state index contributed by atoms with van der Waals surface area (Å²) in [6.45, 7) is 0. The van der Waals surface area contributed by atoms with Crippen molar-refractivity contribution in [3.63, 3.8) is 0 Å². The van der Waals surface area contributed by atoms with Gasteiger partial charge in [0.15, 0.2) is 0 Å². The molecule has 1 heteroatoms. The van der Waals surface area contributed by atoms with Gasteiger partial charge in [-0.25, -0.2) is 10.0 Å². The highest BCUT2D eigenvalue weighted by Crippen LogP contribution is 2.64. The van der Waals surface area contributed by atoms with Gasteiger partial charge >= 0.3 is 0 Å². The summed E-state index contributed by atoms with van der Waals surface area (Å²) in [6, 6.07) is 11.2. The minimum absolute atomic E-state index is 0.570. The molecule has 0 aromatic heterocycles. The molecule has 16 heavy (non-hydrogen) atoms. The van der Waals surface area contributed by atoms with E-state index in [1.54, 1.807) is 4.90 Å². The monoisotopic (exact) mass is 234 g/mol. The molecule has 0 saturated heterocycles. The predicted octanol–water partition coefficient (Wildman–Crippen LogP) is 4.30. The zero-order chi connectivity index (χ0) is 11.2. The molecule has 3 unspecified atom stereocenters. The Labute approximate surface area is 101 Å². The minimum Gasteiger partial charge on any atom is -0.217 e. The van der Waals surface area contributed by atoms with Gasteiger partial charge < -0.3 is 0 Å². The van der Waals surface area contributed by atoms with Crippen LogP contribution in [0.5, 0.6) is 0 Å². The van der Waals surface area contributed by atoms with Crippen LogP contribution in [-0.2, 0) is 0 Å². The molecule has 0 aliphatic heterocycles. The summed E-state index contributed by atoms with van der Waals surface area (Å²) in [5, 5.41) is 1.01. The number of hydrogen-bond donors (Lipinski definition) is 0. The second kappa shape index (κ2) is 3.80. The van der Waals surface area contributed by atoms with Crippen LogP contribution >= 0.6 is 10.0 Å². The molecular formula is C15H22S. The molecule has 2 aliphatic rings. The van der Waals surface area contributed by atoms with E-state index in [2.05, 4.69) is 42.8 Å². The quantitative estimate of drug-likeness (QED) is 0.716. The molecule has 1 aromatic rings. The molecule has 3 atom stereocenters. The van der Waals surface area contributed by atoms with Crippen molar-refractivity contribution in [1.29, 1.82) is 0 Å². The lowest BCUT2D eigenvalue weighted by Crippen LogP contribution is -2.23. The topological polar surface area (TPSA) is 0 Å². The van der Waals surface area contributed by atoms with Crippen LogP contribution in [0.4, 0.5) is 0 Å². The van der Waals surface area contributed by atoms with E-state index in [4.69, 9.17) is 0 Å². The van der Waals surface area contributed by atoms with Gasteiger partial charge in [-0.15, -0.1) is 0 Å². The van der Waals surface area contributed by atoms with Gasteiger partial charge in [-0.3, -0.25) is 0 Å². The Morgan fingerprint density at radius 3 is 2.31 bits per heavy atom. The maximum atomic E-state index is 2.54. The average Bonchev–Trinajstić information content (AvgIpc) is 2.92. The van der Waals surface area contributed by atoms with E-state index < -0.39 is 10.0 Å². The third kappa shape index (κ3) is 1.60. The van der Waals surface area contributed by atoms with Gasteiger partial charge in [0.1, 0.15) is 0 Å². The van der Waals surface area contributed by atoms with Gasteiger partial charge in [-0.2, -0.15) is 0 Å². The first-order chi connectivity index (χ1) is 7.68. The highest BCUT2D eigenvalue weighted by Gasteiger charge is 2.44. The highest BCUT2D eigenvalue weighted by molar-refractivity contribution is 8.33. The van der Waals surface area contributed by atoms with Crippen LogP contribution in [-0.4, -0.2) is 17.8 Å². The fourth-order valence-corrected chi connectivity index (χ4v) is 7.02. The standard InChI is InChI=1S/C15H22S/c1-16(2,14-6-4-3-5-7-14)15-11-12-8-9-13(15)10-12/h3-7,12-13,15H,8-11H2,1-2H3. The van der Waals surface area contributed by atoms with Crippen LogP contribution in [0.2, 0.25) is 0 Å². The van der Waals surface area contributed by atoms with Gasteiger partial charge in [-0.05, 0) is 53.8 Å². The Bertz CT molecular complexity index is 368. The largest absolute Gasteiger partial charge is 0.217 e. The first-order valence-corrected chi connectivity index (χ1v) is 8.96. The second-order valence-corrected chi connectivity index (χ2v) is 9.82. The van der Waals surface area contributed by atoms with Crippen molar-refractivity contribution in [2.24, 2.45) is 11.8 Å². The zero-order valence-electron chi connectivity index (χ0n) is 10.4. The Hall–Kier alpha value is -0.430. The smallest absolute Gasteiger partial charge is 0.00474 e. The van der Waals surface area contributed by atoms with Crippen molar-refractivity contribution in [2.75, 3.05) is 12.5 Å². The third-order valence-corrected chi connectivity index (χ3v) is 8.36. The molecule has 2 aliphatic carbocycles. The normalized spacial score (nSPS) is 34.2. The molecule has 0 heterocycles. The maximum Gasteiger partial charge on any atom is -0.00474 e. The Kier molecular flexibility index (Phi) is 2.54. The molecule has 2 saturated carbocycles. The van der Waals surface area contributed by atoms with Gasteiger partial charge in [0.2, 0.25) is 0 Å². The lowest BCUT2D eigenvalue weighted by Gasteiger charge is -2.43. The summed E-state index contributed by atoms with van der Waals surface area (Å²) >= 11 is 0. The molecule has 0 radical (unpaired) electrons. The van der Waals surface area contributed by atoms with Gasteiger partial charge in [-0.1, -0.05) is 36.8 Å². The summed E-state index contributed by atoms with van der Waals surface area (Å²) in [5.74, 6) is 2.13. The molecule has 3 rings (SSSR count). The van der Waals surface area contributed by atoms with Crippen LogP contribution in [0.15, 0.2) is 35.2 Å². The summed E-state index contributed by atoms with van der Waals surface area (Å²) in [4.78, 5) is 1.62. The predicted molar refractivity (Wildman–Crippen MR) is 73.4 cm³/mol. The Morgan fingerprint density at radius 2 is 1.75 bits per heavy atom. The van der Waals surface area contributed by atoms with Crippen molar-refractivity contribution >= 4 is 10.0 Å². The van der Waals surface area contributed by atoms with Crippen LogP contribution in [0.25, 0.3) is 0 Å². The van der Waals surface area contributed by atoms with Crippen LogP contribution in [0.3, 0.4) is 0 Å². The molecule has 0 amide bonds. The summed E-state index contributed by atoms with van der Waals surface area (Å²) < 4.78 is 0. The van der Waals surface area contributed by atoms with E-state index in [9.17, 15) is 0 Å². The van der Waals surface area contributed by atoms with Crippen LogP contribution < -0.4 is 0 Å². The molecule has 0 nitrogen and oxygen atoms in total. The molecule has 0 N–H and O–H groups in total. The molecule has 2 fully saturated rings. The van der Waals surface area contributed by atoms with Gasteiger partial charge in [0, 0.05) is 0 Å². The fraction of sp³-hybridized carbons (Fsp3) is 0.600. The van der Waals surface area contributed by atoms with E-state index in [0.29, 0.717) is 0 Å². The summed E-state index contributed by atoms with van der Waals surface area (Å²) in [5.41, 5.74) is 0. The lowest BCUT2D eigenvalue weighted by molar-refractivity contribution is 0.488. The lowest BCUT2D eigenvalue weighted by atomic mass is 10.0. The van der Waals surface area contributed by atoms with Gasteiger partial charge in [0.25, 0.3) is 0 Å². The van der Waals surface area contributed by atoms with Crippen molar-refractivity contribution < 1.29 is 0 Å². The zero-order valence-corrected chi connectivity index (χ0v) is 11.2. The van der Waals surface area contributed by atoms with E-state index in [1.165, 1.54) is 25.7 Å². The molecule has 0 spiro atoms. The van der Waals surface area contributed by atoms with E-state index >= 15 is 0 Å². The van der Waals surface area contributed by atoms with Crippen LogP contribution in [0, 0.1) is 11.8 Å². The Morgan fingerprint density at radius 1 is 1.00 bits per heavy atom. The first-order valence-electron chi connectivity index (χ1n) is 6.45. The first kappa shape index (κ1) is 10.7. The number of benzene rings is 1. The van der Waals surface area contributed by atoms with E-state index in [-0.39, 0.29) is 0 Å². The molecular weight excluding hydrogens is 212 g/mol. The van der Waals surface area contributed by atoms with E-state index in [1.807, 2.05) is 0 Å². The van der Waals surface area contributed by atoms with Crippen molar-refractivity contribution in [2.45, 2.75) is 35.8 Å². The van der Waals surface area contributed by atoms with Crippen molar-refractivity contribution in [3.05, 3.63) is 30.3 Å². The van der Waals surface area contributed by atoms with E-state index in [0.717, 1.165) is 17.1 Å². The molecule has 1 aromatic carbocycles. The number of hydrogen-bond acceptors (Lipinski definition) is 0. The van der Waals surface area contributed by atoms with Crippen molar-refractivity contribution in [1.82, 2.24) is 0 Å². The maximum absolute atomic E-state index is 2.54. The van der Waals surface area contributed by atoms with Crippen molar-refractivity contribution in [3.8, 4) is 0 Å². The van der Waals surface area contributed by atoms with Gasteiger partial charge in [0.05, 0.1) is 0 Å². The molecule has 2 bridgehead atoms. The van der Waals surface area contributed by atoms with Crippen LogP contribution in [0.1, 0.15) is 25.7 Å².